The maximum absolute atomic E-state index is 13.6. The minimum Gasteiger partial charge on any atom is -0.493 e. The Hall–Kier alpha value is -3.39. The third-order valence-corrected chi connectivity index (χ3v) is 9.00. The van der Waals surface area contributed by atoms with Crippen LogP contribution in [0.25, 0.3) is 0 Å². The van der Waals surface area contributed by atoms with Crippen molar-refractivity contribution < 1.29 is 26.9 Å². The van der Waals surface area contributed by atoms with E-state index in [2.05, 4.69) is 33.0 Å². The van der Waals surface area contributed by atoms with Gasteiger partial charge in [-0.3, -0.25) is 9.59 Å². The van der Waals surface area contributed by atoms with E-state index in [0.717, 1.165) is 17.0 Å². The second-order valence-corrected chi connectivity index (χ2v) is 14.0. The SMILES string of the molecule is COc1cc(C2C3=C(CC(C)(C)CC3=O)NC3=C2C(=O)CC(C)(C)C3)ccc1OS(=O)(=O)c1ccc(C)cc1. The number of ketones is 2. The van der Waals surface area contributed by atoms with Gasteiger partial charge in [0.25, 0.3) is 0 Å². The molecule has 0 saturated heterocycles. The van der Waals surface area contributed by atoms with Gasteiger partial charge in [-0.05, 0) is 60.4 Å². The molecule has 39 heavy (non-hydrogen) atoms. The van der Waals surface area contributed by atoms with Crippen LogP contribution >= 0.6 is 0 Å². The van der Waals surface area contributed by atoms with Gasteiger partial charge in [-0.1, -0.05) is 51.5 Å². The highest BCUT2D eigenvalue weighted by atomic mass is 32.2. The van der Waals surface area contributed by atoms with Gasteiger partial charge in [-0.25, -0.2) is 0 Å². The van der Waals surface area contributed by atoms with Gasteiger partial charge in [-0.2, -0.15) is 8.42 Å². The Kier molecular flexibility index (Phi) is 6.53. The van der Waals surface area contributed by atoms with E-state index >= 15 is 0 Å². The first-order valence-corrected chi connectivity index (χ1v) is 14.6. The smallest absolute Gasteiger partial charge is 0.339 e. The van der Waals surface area contributed by atoms with Crippen molar-refractivity contribution in [2.24, 2.45) is 10.8 Å². The maximum Gasteiger partial charge on any atom is 0.339 e. The summed E-state index contributed by atoms with van der Waals surface area (Å²) in [6, 6.07) is 11.4. The fourth-order valence-corrected chi connectivity index (χ4v) is 6.97. The number of methoxy groups -OCH3 is 1. The van der Waals surface area contributed by atoms with Gasteiger partial charge in [0, 0.05) is 41.3 Å². The molecule has 0 amide bonds. The number of nitrogens with one attached hydrogen (secondary N) is 1. The van der Waals surface area contributed by atoms with E-state index in [1.54, 1.807) is 24.3 Å². The Bertz CT molecular complexity index is 1490. The summed E-state index contributed by atoms with van der Waals surface area (Å²) in [5, 5.41) is 3.50. The second kappa shape index (κ2) is 9.37. The molecule has 0 bridgehead atoms. The van der Waals surface area contributed by atoms with E-state index in [9.17, 15) is 18.0 Å². The van der Waals surface area contributed by atoms with Crippen molar-refractivity contribution in [3.8, 4) is 11.5 Å². The zero-order valence-electron chi connectivity index (χ0n) is 23.3. The van der Waals surface area contributed by atoms with Crippen LogP contribution in [0.5, 0.6) is 11.5 Å². The van der Waals surface area contributed by atoms with E-state index in [1.807, 2.05) is 6.92 Å². The largest absolute Gasteiger partial charge is 0.493 e. The molecule has 7 nitrogen and oxygen atoms in total. The number of ether oxygens (including phenoxy) is 1. The molecule has 1 N–H and O–H groups in total. The standard InChI is InChI=1S/C31H35NO6S/c1-18-7-10-20(11-8-18)39(35,36)38-25-12-9-19(13-26(25)37-6)27-28-21(14-30(2,3)16-23(28)33)32-22-15-31(4,5)17-24(34)29(22)27/h7-13,27,32H,14-17H2,1-6H3. The van der Waals surface area contributed by atoms with Crippen molar-refractivity contribution in [2.45, 2.75) is 71.1 Å². The van der Waals surface area contributed by atoms with Gasteiger partial charge < -0.3 is 14.2 Å². The summed E-state index contributed by atoms with van der Waals surface area (Å²) < 4.78 is 37.0. The lowest BCUT2D eigenvalue weighted by Gasteiger charge is -2.44. The third-order valence-electron chi connectivity index (χ3n) is 7.75. The Labute approximate surface area is 230 Å². The van der Waals surface area contributed by atoms with Gasteiger partial charge in [0.15, 0.2) is 23.1 Å². The minimum absolute atomic E-state index is 0.0178. The summed E-state index contributed by atoms with van der Waals surface area (Å²) in [6.45, 7) is 10.2. The molecule has 2 aliphatic carbocycles. The first kappa shape index (κ1) is 27.2. The summed E-state index contributed by atoms with van der Waals surface area (Å²) in [6.07, 6.45) is 2.17. The fourth-order valence-electron chi connectivity index (χ4n) is 6.03. The molecule has 0 radical (unpaired) electrons. The van der Waals surface area contributed by atoms with Crippen molar-refractivity contribution in [2.75, 3.05) is 7.11 Å². The van der Waals surface area contributed by atoms with Crippen LogP contribution in [0, 0.1) is 17.8 Å². The number of dihydropyridines is 1. The Morgan fingerprint density at radius 1 is 0.795 bits per heavy atom. The monoisotopic (exact) mass is 549 g/mol. The normalized spacial score (nSPS) is 20.8. The first-order chi connectivity index (χ1) is 18.2. The molecule has 5 rings (SSSR count). The quantitative estimate of drug-likeness (QED) is 0.475. The number of hydrogen-bond acceptors (Lipinski definition) is 7. The molecule has 1 aliphatic heterocycles. The van der Waals surface area contributed by atoms with E-state index < -0.39 is 16.0 Å². The zero-order chi connectivity index (χ0) is 28.3. The van der Waals surface area contributed by atoms with Crippen molar-refractivity contribution in [1.82, 2.24) is 5.32 Å². The van der Waals surface area contributed by atoms with E-state index in [0.29, 0.717) is 42.4 Å². The minimum atomic E-state index is -4.10. The van der Waals surface area contributed by atoms with Gasteiger partial charge in [0.1, 0.15) is 4.90 Å². The Morgan fingerprint density at radius 2 is 1.33 bits per heavy atom. The summed E-state index contributed by atoms with van der Waals surface area (Å²) in [5.41, 5.74) is 4.20. The predicted molar refractivity (Wildman–Crippen MR) is 148 cm³/mol. The molecule has 8 heteroatoms. The van der Waals surface area contributed by atoms with Crippen LogP contribution in [0.4, 0.5) is 0 Å². The topological polar surface area (TPSA) is 98.8 Å². The molecule has 3 aliphatic rings. The van der Waals surface area contributed by atoms with E-state index in [-0.39, 0.29) is 38.8 Å². The van der Waals surface area contributed by atoms with Gasteiger partial charge in [0.2, 0.25) is 0 Å². The van der Waals surface area contributed by atoms with Gasteiger partial charge in [0.05, 0.1) is 7.11 Å². The number of Topliss-reactive ketones (excluding diaryl/α,β-unsaturated/α-hetero) is 2. The Balaban J connectivity index is 1.60. The third kappa shape index (κ3) is 5.14. The molecular formula is C31H35NO6S. The van der Waals surface area contributed by atoms with Gasteiger partial charge >= 0.3 is 10.1 Å². The second-order valence-electron chi connectivity index (χ2n) is 12.5. The molecule has 0 spiro atoms. The molecule has 0 atom stereocenters. The predicted octanol–water partition coefficient (Wildman–Crippen LogP) is 5.74. The number of hydrogen-bond donors (Lipinski definition) is 1. The number of benzene rings is 2. The molecular weight excluding hydrogens is 514 g/mol. The van der Waals surface area contributed by atoms with Crippen molar-refractivity contribution in [1.29, 1.82) is 0 Å². The highest BCUT2D eigenvalue weighted by molar-refractivity contribution is 7.87. The summed E-state index contributed by atoms with van der Waals surface area (Å²) in [5.74, 6) is -0.280. The number of allylic oxidation sites excluding steroid dienone is 4. The lowest BCUT2D eigenvalue weighted by molar-refractivity contribution is -0.119. The molecule has 0 unspecified atom stereocenters. The van der Waals surface area contributed by atoms with Crippen molar-refractivity contribution in [3.05, 3.63) is 76.1 Å². The molecule has 206 valence electrons. The molecule has 2 aromatic rings. The number of carbonyl (C=O) groups excluding carboxylic acids is 2. The van der Waals surface area contributed by atoms with Crippen molar-refractivity contribution >= 4 is 21.7 Å². The summed E-state index contributed by atoms with van der Waals surface area (Å²) in [4.78, 5) is 27.2. The van der Waals surface area contributed by atoms with Crippen LogP contribution < -0.4 is 14.2 Å². The first-order valence-electron chi connectivity index (χ1n) is 13.2. The zero-order valence-corrected chi connectivity index (χ0v) is 24.1. The number of rotatable bonds is 5. The van der Waals surface area contributed by atoms with Crippen LogP contribution in [0.15, 0.2) is 69.9 Å². The molecule has 1 heterocycles. The lowest BCUT2D eigenvalue weighted by atomic mass is 9.64. The fraction of sp³-hybridized carbons (Fsp3) is 0.419. The number of aryl methyl sites for hydroxylation is 1. The summed E-state index contributed by atoms with van der Waals surface area (Å²) >= 11 is 0. The van der Waals surface area contributed by atoms with Crippen LogP contribution in [-0.2, 0) is 19.7 Å². The molecule has 0 saturated carbocycles. The highest BCUT2D eigenvalue weighted by Gasteiger charge is 2.46. The average Bonchev–Trinajstić information content (AvgIpc) is 2.81. The van der Waals surface area contributed by atoms with Gasteiger partial charge in [-0.15, -0.1) is 0 Å². The molecule has 0 fully saturated rings. The Morgan fingerprint density at radius 3 is 1.85 bits per heavy atom. The van der Waals surface area contributed by atoms with E-state index in [4.69, 9.17) is 8.92 Å². The van der Waals surface area contributed by atoms with Crippen LogP contribution in [0.1, 0.15) is 70.4 Å². The molecule has 0 aromatic heterocycles. The number of carbonyl (C=O) groups is 2. The molecule has 2 aromatic carbocycles. The van der Waals surface area contributed by atoms with Crippen LogP contribution in [0.2, 0.25) is 0 Å². The van der Waals surface area contributed by atoms with Crippen molar-refractivity contribution in [3.63, 3.8) is 0 Å². The van der Waals surface area contributed by atoms with Crippen LogP contribution in [-0.4, -0.2) is 27.1 Å². The highest BCUT2D eigenvalue weighted by Crippen LogP contribution is 2.51. The van der Waals surface area contributed by atoms with Crippen LogP contribution in [0.3, 0.4) is 0 Å². The van der Waals surface area contributed by atoms with E-state index in [1.165, 1.54) is 25.3 Å². The maximum atomic E-state index is 13.6. The summed E-state index contributed by atoms with van der Waals surface area (Å²) in [7, 11) is -2.66. The average molecular weight is 550 g/mol. The lowest BCUT2D eigenvalue weighted by Crippen LogP contribution is -2.42.